The number of halogens is 2. The van der Waals surface area contributed by atoms with Gasteiger partial charge in [-0.15, -0.1) is 24.8 Å². The van der Waals surface area contributed by atoms with Crippen LogP contribution in [0, 0.1) is 5.92 Å². The van der Waals surface area contributed by atoms with E-state index in [2.05, 4.69) is 15.2 Å². The van der Waals surface area contributed by atoms with Gasteiger partial charge in [-0.2, -0.15) is 0 Å². The average molecular weight is 455 g/mol. The maximum absolute atomic E-state index is 12.5. The molecule has 0 atom stereocenters. The number of hydrogen-bond acceptors (Lipinski definition) is 5. The lowest BCUT2D eigenvalue weighted by atomic mass is 9.93. The second-order valence-electron chi connectivity index (χ2n) is 7.87. The first-order valence-electron chi connectivity index (χ1n) is 10.5. The number of carbonyl (C=O) groups excluding carboxylic acids is 1. The van der Waals surface area contributed by atoms with Crippen LogP contribution < -0.4 is 5.32 Å². The number of benzene rings is 1. The van der Waals surface area contributed by atoms with Gasteiger partial charge >= 0.3 is 0 Å². The van der Waals surface area contributed by atoms with Crippen molar-refractivity contribution in [3.63, 3.8) is 0 Å². The van der Waals surface area contributed by atoms with Crippen LogP contribution in [0.25, 0.3) is 11.3 Å². The summed E-state index contributed by atoms with van der Waals surface area (Å²) in [6.45, 7) is 6.26. The van der Waals surface area contributed by atoms with Gasteiger partial charge in [-0.05, 0) is 38.3 Å². The first kappa shape index (κ1) is 24.7. The van der Waals surface area contributed by atoms with Gasteiger partial charge in [0.1, 0.15) is 0 Å². The molecule has 0 radical (unpaired) electrons. The van der Waals surface area contributed by atoms with Crippen LogP contribution in [0.1, 0.15) is 31.6 Å². The summed E-state index contributed by atoms with van der Waals surface area (Å²) in [6, 6.07) is 10.0. The number of carbonyl (C=O) groups is 1. The second kappa shape index (κ2) is 12.3. The lowest BCUT2D eigenvalue weighted by Gasteiger charge is -2.34. The summed E-state index contributed by atoms with van der Waals surface area (Å²) in [4.78, 5) is 21.3. The van der Waals surface area contributed by atoms with Crippen LogP contribution in [-0.4, -0.2) is 60.0 Å². The number of oxazole rings is 1. The van der Waals surface area contributed by atoms with Gasteiger partial charge in [0.15, 0.2) is 5.76 Å². The van der Waals surface area contributed by atoms with E-state index in [1.165, 1.54) is 12.8 Å². The van der Waals surface area contributed by atoms with Crippen molar-refractivity contribution < 1.29 is 9.21 Å². The molecule has 2 aliphatic heterocycles. The molecule has 0 aliphatic carbocycles. The molecule has 0 saturated carbocycles. The number of nitrogens with one attached hydrogen (secondary N) is 1. The number of hydrogen-bond donors (Lipinski definition) is 1. The number of piperazine rings is 1. The quantitative estimate of drug-likeness (QED) is 0.721. The summed E-state index contributed by atoms with van der Waals surface area (Å²) in [7, 11) is 0. The fraction of sp³-hybridized carbons (Fsp3) is 0.545. The molecule has 30 heavy (non-hydrogen) atoms. The maximum atomic E-state index is 12.5. The second-order valence-corrected chi connectivity index (χ2v) is 7.87. The molecule has 2 aliphatic rings. The van der Waals surface area contributed by atoms with Crippen molar-refractivity contribution in [3.05, 3.63) is 42.4 Å². The Kier molecular flexibility index (Phi) is 10.1. The molecule has 2 aromatic rings. The molecular formula is C22H32Cl2N4O2. The number of aromatic nitrogens is 1. The first-order valence-corrected chi connectivity index (χ1v) is 10.5. The minimum atomic E-state index is 0. The summed E-state index contributed by atoms with van der Waals surface area (Å²) in [5.74, 6) is 2.59. The van der Waals surface area contributed by atoms with E-state index in [1.807, 2.05) is 35.2 Å². The van der Waals surface area contributed by atoms with Gasteiger partial charge in [-0.25, -0.2) is 4.98 Å². The molecule has 2 fully saturated rings. The summed E-state index contributed by atoms with van der Waals surface area (Å²) in [5, 5.41) is 3.39. The van der Waals surface area contributed by atoms with Crippen molar-refractivity contribution in [2.75, 3.05) is 39.3 Å². The highest BCUT2D eigenvalue weighted by molar-refractivity contribution is 5.85. The van der Waals surface area contributed by atoms with Crippen LogP contribution in [0.3, 0.4) is 0 Å². The van der Waals surface area contributed by atoms with Crippen molar-refractivity contribution in [1.29, 1.82) is 0 Å². The van der Waals surface area contributed by atoms with E-state index in [1.54, 1.807) is 6.20 Å². The third kappa shape index (κ3) is 6.71. The van der Waals surface area contributed by atoms with Gasteiger partial charge < -0.3 is 14.6 Å². The lowest BCUT2D eigenvalue weighted by Crippen LogP contribution is -2.48. The van der Waals surface area contributed by atoms with Crippen LogP contribution in [0.4, 0.5) is 0 Å². The molecule has 1 N–H and O–H groups in total. The molecule has 0 spiro atoms. The SMILES string of the molecule is Cl.Cl.O=C(CCC1CCNCC1)N1CCN(Cc2ncc(-c3ccccc3)o2)CC1. The van der Waals surface area contributed by atoms with Gasteiger partial charge in [0, 0.05) is 38.2 Å². The molecular weight excluding hydrogens is 423 g/mol. The van der Waals surface area contributed by atoms with Crippen LogP contribution in [0.15, 0.2) is 40.9 Å². The molecule has 1 amide bonds. The molecule has 1 aromatic carbocycles. The topological polar surface area (TPSA) is 61.6 Å². The normalized spacial score (nSPS) is 17.8. The maximum Gasteiger partial charge on any atom is 0.222 e. The molecule has 6 nitrogen and oxygen atoms in total. The molecule has 166 valence electrons. The Morgan fingerprint density at radius 3 is 2.47 bits per heavy atom. The van der Waals surface area contributed by atoms with E-state index in [-0.39, 0.29) is 24.8 Å². The average Bonchev–Trinajstić information content (AvgIpc) is 3.22. The summed E-state index contributed by atoms with van der Waals surface area (Å²) >= 11 is 0. The van der Waals surface area contributed by atoms with Gasteiger partial charge in [0.05, 0.1) is 12.7 Å². The van der Waals surface area contributed by atoms with Gasteiger partial charge in [-0.3, -0.25) is 9.69 Å². The predicted octanol–water partition coefficient (Wildman–Crippen LogP) is 3.61. The minimum absolute atomic E-state index is 0. The van der Waals surface area contributed by atoms with Gasteiger partial charge in [0.2, 0.25) is 11.8 Å². The largest absolute Gasteiger partial charge is 0.439 e. The third-order valence-electron chi connectivity index (χ3n) is 5.92. The van der Waals surface area contributed by atoms with Crippen molar-refractivity contribution >= 4 is 30.7 Å². The smallest absolute Gasteiger partial charge is 0.222 e. The Morgan fingerprint density at radius 1 is 1.07 bits per heavy atom. The van der Waals surface area contributed by atoms with Crippen LogP contribution in [0.2, 0.25) is 0 Å². The van der Waals surface area contributed by atoms with E-state index >= 15 is 0 Å². The van der Waals surface area contributed by atoms with E-state index in [9.17, 15) is 4.79 Å². The van der Waals surface area contributed by atoms with E-state index in [0.717, 1.165) is 68.8 Å². The monoisotopic (exact) mass is 454 g/mol. The van der Waals surface area contributed by atoms with E-state index in [4.69, 9.17) is 4.42 Å². The molecule has 0 bridgehead atoms. The summed E-state index contributed by atoms with van der Waals surface area (Å²) in [6.07, 6.45) is 5.96. The Bertz CT molecular complexity index is 758. The number of amides is 1. The number of piperidine rings is 1. The number of rotatable bonds is 6. The zero-order valence-corrected chi connectivity index (χ0v) is 18.9. The zero-order valence-electron chi connectivity index (χ0n) is 17.3. The molecule has 2 saturated heterocycles. The Balaban J connectivity index is 0.00000160. The van der Waals surface area contributed by atoms with Crippen molar-refractivity contribution in [2.24, 2.45) is 5.92 Å². The molecule has 0 unspecified atom stereocenters. The fourth-order valence-corrected chi connectivity index (χ4v) is 4.12. The highest BCUT2D eigenvalue weighted by Gasteiger charge is 2.23. The van der Waals surface area contributed by atoms with Crippen LogP contribution in [-0.2, 0) is 11.3 Å². The number of nitrogens with zero attached hydrogens (tertiary/aromatic N) is 3. The zero-order chi connectivity index (χ0) is 19.2. The molecule has 4 rings (SSSR count). The van der Waals surface area contributed by atoms with Crippen molar-refractivity contribution in [3.8, 4) is 11.3 Å². The highest BCUT2D eigenvalue weighted by Crippen LogP contribution is 2.21. The molecule has 1 aromatic heterocycles. The first-order chi connectivity index (χ1) is 13.8. The predicted molar refractivity (Wildman–Crippen MR) is 123 cm³/mol. The van der Waals surface area contributed by atoms with E-state index < -0.39 is 0 Å². The highest BCUT2D eigenvalue weighted by atomic mass is 35.5. The Labute approximate surface area is 191 Å². The molecule has 8 heteroatoms. The summed E-state index contributed by atoms with van der Waals surface area (Å²) < 4.78 is 5.91. The van der Waals surface area contributed by atoms with Crippen molar-refractivity contribution in [2.45, 2.75) is 32.2 Å². The Hall–Kier alpha value is -1.60. The minimum Gasteiger partial charge on any atom is -0.439 e. The standard InChI is InChI=1S/C22H30N4O2.2ClH/c27-22(7-6-18-8-10-23-11-9-18)26-14-12-25(13-15-26)17-21-24-16-20(28-21)19-4-2-1-3-5-19;;/h1-5,16,18,23H,6-15,17H2;2*1H. The summed E-state index contributed by atoms with van der Waals surface area (Å²) in [5.41, 5.74) is 1.05. The van der Waals surface area contributed by atoms with Crippen LogP contribution in [0.5, 0.6) is 0 Å². The third-order valence-corrected chi connectivity index (χ3v) is 5.92. The van der Waals surface area contributed by atoms with Gasteiger partial charge in [0.25, 0.3) is 0 Å². The Morgan fingerprint density at radius 2 is 1.77 bits per heavy atom. The van der Waals surface area contributed by atoms with Gasteiger partial charge in [-0.1, -0.05) is 30.3 Å². The molecule has 3 heterocycles. The van der Waals surface area contributed by atoms with Crippen LogP contribution >= 0.6 is 24.8 Å². The fourth-order valence-electron chi connectivity index (χ4n) is 4.12. The van der Waals surface area contributed by atoms with E-state index in [0.29, 0.717) is 18.9 Å². The van der Waals surface area contributed by atoms with Crippen molar-refractivity contribution in [1.82, 2.24) is 20.1 Å². The lowest BCUT2D eigenvalue weighted by molar-refractivity contribution is -0.133.